The number of aliphatic hydroxyl groups is 1. The highest BCUT2D eigenvalue weighted by Crippen LogP contribution is 2.24. The van der Waals surface area contributed by atoms with Crippen LogP contribution in [-0.2, 0) is 9.53 Å². The first-order valence-electron chi connectivity index (χ1n) is 7.40. The first kappa shape index (κ1) is 17.1. The highest BCUT2D eigenvalue weighted by molar-refractivity contribution is 6.30. The quantitative estimate of drug-likeness (QED) is 0.869. The van der Waals surface area contributed by atoms with Crippen LogP contribution in [0, 0.1) is 0 Å². The van der Waals surface area contributed by atoms with Crippen LogP contribution >= 0.6 is 11.6 Å². The zero-order valence-corrected chi connectivity index (χ0v) is 13.5. The smallest absolute Gasteiger partial charge is 0.224 e. The highest BCUT2D eigenvalue weighted by atomic mass is 35.5. The molecule has 0 bridgehead atoms. The monoisotopic (exact) mass is 327 g/mol. The van der Waals surface area contributed by atoms with Crippen molar-refractivity contribution in [3.63, 3.8) is 0 Å². The Morgan fingerprint density at radius 3 is 3.05 bits per heavy atom. The molecule has 1 unspecified atom stereocenters. The number of halogens is 1. The van der Waals surface area contributed by atoms with Gasteiger partial charge in [-0.05, 0) is 31.0 Å². The summed E-state index contributed by atoms with van der Waals surface area (Å²) in [5, 5.41) is 11.3. The van der Waals surface area contributed by atoms with Gasteiger partial charge in [-0.3, -0.25) is 4.79 Å². The van der Waals surface area contributed by atoms with E-state index in [1.807, 2.05) is 0 Å². The van der Waals surface area contributed by atoms with Gasteiger partial charge in [0.15, 0.2) is 0 Å². The fourth-order valence-corrected chi connectivity index (χ4v) is 2.75. The van der Waals surface area contributed by atoms with Crippen molar-refractivity contribution in [2.45, 2.75) is 24.9 Å². The molecular weight excluding hydrogens is 306 g/mol. The Balaban J connectivity index is 1.90. The molecule has 1 amide bonds. The Kier molecular flexibility index (Phi) is 6.06. The standard InChI is InChI=1S/C16H22ClNO4/c1-21-9-6-15(19)18-8-3-7-16(20,11-18)12-22-14-5-2-4-13(17)10-14/h2,4-5,10,20H,3,6-9,11-12H2,1H3. The predicted molar refractivity (Wildman–Crippen MR) is 84.2 cm³/mol. The SMILES string of the molecule is COCCC(=O)N1CCCC(O)(COc2cccc(Cl)c2)C1. The molecule has 2 rings (SSSR count). The summed E-state index contributed by atoms with van der Waals surface area (Å²) < 4.78 is 10.6. The van der Waals surface area contributed by atoms with E-state index in [2.05, 4.69) is 0 Å². The average Bonchev–Trinajstić information content (AvgIpc) is 2.51. The number of likely N-dealkylation sites (tertiary alicyclic amines) is 1. The van der Waals surface area contributed by atoms with Crippen LogP contribution in [0.4, 0.5) is 0 Å². The topological polar surface area (TPSA) is 59.0 Å². The molecule has 1 aliphatic rings. The minimum atomic E-state index is -1.02. The van der Waals surface area contributed by atoms with Crippen LogP contribution < -0.4 is 4.74 Å². The van der Waals surface area contributed by atoms with Crippen molar-refractivity contribution in [2.24, 2.45) is 0 Å². The van der Waals surface area contributed by atoms with Gasteiger partial charge in [-0.2, -0.15) is 0 Å². The molecule has 5 nitrogen and oxygen atoms in total. The summed E-state index contributed by atoms with van der Waals surface area (Å²) in [6.07, 6.45) is 1.71. The summed E-state index contributed by atoms with van der Waals surface area (Å²) in [7, 11) is 1.57. The van der Waals surface area contributed by atoms with E-state index in [0.29, 0.717) is 36.8 Å². The Labute approximate surface area is 135 Å². The number of β-amino-alcohol motifs (C(OH)–C–C–N with tert-alkyl or cyclic N) is 1. The van der Waals surface area contributed by atoms with E-state index in [-0.39, 0.29) is 19.1 Å². The van der Waals surface area contributed by atoms with Crippen molar-refractivity contribution in [1.82, 2.24) is 4.90 Å². The molecule has 0 saturated carbocycles. The van der Waals surface area contributed by atoms with Crippen molar-refractivity contribution in [2.75, 3.05) is 33.4 Å². The van der Waals surface area contributed by atoms with Gasteiger partial charge in [0.1, 0.15) is 18.0 Å². The van der Waals surface area contributed by atoms with Gasteiger partial charge in [0, 0.05) is 18.7 Å². The molecule has 1 aromatic rings. The van der Waals surface area contributed by atoms with Crippen molar-refractivity contribution >= 4 is 17.5 Å². The molecule has 122 valence electrons. The van der Waals surface area contributed by atoms with E-state index in [0.717, 1.165) is 6.42 Å². The molecule has 1 atom stereocenters. The number of piperidine rings is 1. The van der Waals surface area contributed by atoms with Crippen LogP contribution in [0.3, 0.4) is 0 Å². The van der Waals surface area contributed by atoms with Crippen LogP contribution in [0.1, 0.15) is 19.3 Å². The lowest BCUT2D eigenvalue weighted by molar-refractivity contribution is -0.141. The average molecular weight is 328 g/mol. The zero-order chi connectivity index (χ0) is 16.0. The molecule has 1 saturated heterocycles. The molecule has 0 aromatic heterocycles. The number of hydrogen-bond acceptors (Lipinski definition) is 4. The number of ether oxygens (including phenoxy) is 2. The maximum absolute atomic E-state index is 12.0. The van der Waals surface area contributed by atoms with Gasteiger partial charge in [0.2, 0.25) is 5.91 Å². The van der Waals surface area contributed by atoms with Gasteiger partial charge in [-0.15, -0.1) is 0 Å². The van der Waals surface area contributed by atoms with Gasteiger partial charge >= 0.3 is 0 Å². The number of carbonyl (C=O) groups is 1. The minimum Gasteiger partial charge on any atom is -0.490 e. The van der Waals surface area contributed by atoms with E-state index in [4.69, 9.17) is 21.1 Å². The molecule has 0 spiro atoms. The van der Waals surface area contributed by atoms with E-state index in [9.17, 15) is 9.90 Å². The summed E-state index contributed by atoms with van der Waals surface area (Å²) >= 11 is 5.91. The predicted octanol–water partition coefficient (Wildman–Crippen LogP) is 2.11. The number of hydrogen-bond donors (Lipinski definition) is 1. The summed E-state index contributed by atoms with van der Waals surface area (Å²) in [4.78, 5) is 13.7. The lowest BCUT2D eigenvalue weighted by atomic mass is 9.93. The molecular formula is C16H22ClNO4. The van der Waals surface area contributed by atoms with Crippen molar-refractivity contribution < 1.29 is 19.4 Å². The molecule has 1 heterocycles. The van der Waals surface area contributed by atoms with Crippen molar-refractivity contribution in [3.8, 4) is 5.75 Å². The first-order valence-corrected chi connectivity index (χ1v) is 7.78. The van der Waals surface area contributed by atoms with Gasteiger partial charge in [-0.1, -0.05) is 17.7 Å². The van der Waals surface area contributed by atoms with Gasteiger partial charge in [-0.25, -0.2) is 0 Å². The Bertz CT molecular complexity index is 511. The van der Waals surface area contributed by atoms with E-state index in [1.165, 1.54) is 0 Å². The maximum atomic E-state index is 12.0. The second-order valence-electron chi connectivity index (χ2n) is 5.63. The highest BCUT2D eigenvalue weighted by Gasteiger charge is 2.35. The molecule has 1 aliphatic heterocycles. The summed E-state index contributed by atoms with van der Waals surface area (Å²) in [6.45, 7) is 1.49. The molecule has 1 aromatic carbocycles. The van der Waals surface area contributed by atoms with E-state index >= 15 is 0 Å². The van der Waals surface area contributed by atoms with E-state index < -0.39 is 5.60 Å². The molecule has 22 heavy (non-hydrogen) atoms. The van der Waals surface area contributed by atoms with Gasteiger partial charge < -0.3 is 19.5 Å². The Morgan fingerprint density at radius 2 is 2.32 bits per heavy atom. The molecule has 1 fully saturated rings. The van der Waals surface area contributed by atoms with Gasteiger partial charge in [0.25, 0.3) is 0 Å². The van der Waals surface area contributed by atoms with Crippen LogP contribution in [0.2, 0.25) is 5.02 Å². The number of nitrogens with zero attached hydrogens (tertiary/aromatic N) is 1. The third-order valence-corrected chi connectivity index (χ3v) is 3.97. The first-order chi connectivity index (χ1) is 10.5. The largest absolute Gasteiger partial charge is 0.490 e. The molecule has 1 N–H and O–H groups in total. The summed E-state index contributed by atoms with van der Waals surface area (Å²) in [6, 6.07) is 7.05. The molecule has 0 radical (unpaired) electrons. The Hall–Kier alpha value is -1.30. The number of methoxy groups -OCH3 is 1. The van der Waals surface area contributed by atoms with Crippen LogP contribution in [0.25, 0.3) is 0 Å². The third-order valence-electron chi connectivity index (χ3n) is 3.73. The van der Waals surface area contributed by atoms with Gasteiger partial charge in [0.05, 0.1) is 19.6 Å². The minimum absolute atomic E-state index is 0.00253. The van der Waals surface area contributed by atoms with E-state index in [1.54, 1.807) is 36.3 Å². The molecule has 6 heteroatoms. The lowest BCUT2D eigenvalue weighted by Crippen LogP contribution is -2.53. The van der Waals surface area contributed by atoms with Crippen LogP contribution in [-0.4, -0.2) is 54.9 Å². The van der Waals surface area contributed by atoms with Crippen molar-refractivity contribution in [3.05, 3.63) is 29.3 Å². The second-order valence-corrected chi connectivity index (χ2v) is 6.07. The number of rotatable bonds is 6. The molecule has 0 aliphatic carbocycles. The number of amides is 1. The third kappa shape index (κ3) is 4.87. The fraction of sp³-hybridized carbons (Fsp3) is 0.562. The summed E-state index contributed by atoms with van der Waals surface area (Å²) in [5.41, 5.74) is -1.02. The Morgan fingerprint density at radius 1 is 1.50 bits per heavy atom. The van der Waals surface area contributed by atoms with Crippen molar-refractivity contribution in [1.29, 1.82) is 0 Å². The zero-order valence-electron chi connectivity index (χ0n) is 12.8. The van der Waals surface area contributed by atoms with Crippen LogP contribution in [0.5, 0.6) is 5.75 Å². The summed E-state index contributed by atoms with van der Waals surface area (Å²) in [5.74, 6) is 0.617. The van der Waals surface area contributed by atoms with Crippen LogP contribution in [0.15, 0.2) is 24.3 Å². The lowest BCUT2D eigenvalue weighted by Gasteiger charge is -2.39. The number of benzene rings is 1. The normalized spacial score (nSPS) is 21.7. The maximum Gasteiger partial charge on any atom is 0.224 e. The number of carbonyl (C=O) groups excluding carboxylic acids is 1. The second kappa shape index (κ2) is 7.81. The fourth-order valence-electron chi connectivity index (χ4n) is 2.56.